The van der Waals surface area contributed by atoms with Crippen molar-refractivity contribution in [2.75, 3.05) is 19.5 Å². The molecule has 4 amide bonds. The van der Waals surface area contributed by atoms with Crippen molar-refractivity contribution >= 4 is 47.0 Å². The van der Waals surface area contributed by atoms with Gasteiger partial charge in [-0.05, 0) is 32.6 Å². The second kappa shape index (κ2) is 13.9. The summed E-state index contributed by atoms with van der Waals surface area (Å²) in [6, 6.07) is -3.39. The van der Waals surface area contributed by atoms with Crippen LogP contribution in [0.4, 0.5) is 0 Å². The fourth-order valence-electron chi connectivity index (χ4n) is 3.60. The Labute approximate surface area is 204 Å². The van der Waals surface area contributed by atoms with Gasteiger partial charge in [0, 0.05) is 13.0 Å². The average molecular weight is 503 g/mol. The van der Waals surface area contributed by atoms with E-state index in [9.17, 15) is 28.8 Å². The van der Waals surface area contributed by atoms with Crippen LogP contribution < -0.4 is 16.0 Å². The summed E-state index contributed by atoms with van der Waals surface area (Å²) in [4.78, 5) is 74.7. The summed E-state index contributed by atoms with van der Waals surface area (Å²) in [5.74, 6) is -3.22. The van der Waals surface area contributed by atoms with Crippen molar-refractivity contribution in [3.8, 4) is 0 Å². The number of Topliss-reactive ketones (excluding diaryl/α,β-unsaturated/α-hetero) is 1. The van der Waals surface area contributed by atoms with Gasteiger partial charge in [-0.3, -0.25) is 28.8 Å². The number of carbonyl (C=O) groups is 6. The first-order chi connectivity index (χ1) is 15.9. The number of methoxy groups -OCH3 is 1. The lowest BCUT2D eigenvalue weighted by Gasteiger charge is -2.28. The molecule has 1 fully saturated rings. The van der Waals surface area contributed by atoms with Crippen LogP contribution in [0, 0.1) is 5.92 Å². The van der Waals surface area contributed by atoms with Crippen LogP contribution in [0.3, 0.4) is 0 Å². The fourth-order valence-corrected chi connectivity index (χ4v) is 3.77. The van der Waals surface area contributed by atoms with Gasteiger partial charge in [0.25, 0.3) is 0 Å². The molecular formula is C22H35ClN4O7. The van der Waals surface area contributed by atoms with E-state index in [0.717, 1.165) is 0 Å². The Bertz CT molecular complexity index is 789. The largest absolute Gasteiger partial charge is 0.469 e. The van der Waals surface area contributed by atoms with Crippen LogP contribution in [0.2, 0.25) is 0 Å². The van der Waals surface area contributed by atoms with E-state index in [1.54, 1.807) is 13.8 Å². The van der Waals surface area contributed by atoms with Crippen LogP contribution in [0.15, 0.2) is 0 Å². The number of nitrogens with one attached hydrogen (secondary N) is 3. The maximum atomic E-state index is 12.8. The van der Waals surface area contributed by atoms with Crippen LogP contribution >= 0.6 is 11.6 Å². The first-order valence-corrected chi connectivity index (χ1v) is 11.8. The van der Waals surface area contributed by atoms with Gasteiger partial charge in [-0.2, -0.15) is 0 Å². The van der Waals surface area contributed by atoms with Gasteiger partial charge < -0.3 is 25.6 Å². The second-order valence-corrected chi connectivity index (χ2v) is 8.88. The molecule has 0 aromatic carbocycles. The number of rotatable bonds is 12. The van der Waals surface area contributed by atoms with Crippen LogP contribution in [0.5, 0.6) is 0 Å². The van der Waals surface area contributed by atoms with E-state index in [0.29, 0.717) is 19.4 Å². The van der Waals surface area contributed by atoms with Gasteiger partial charge in [0.15, 0.2) is 5.78 Å². The summed E-state index contributed by atoms with van der Waals surface area (Å²) in [5.41, 5.74) is 0. The molecule has 0 unspecified atom stereocenters. The number of likely N-dealkylation sites (tertiary alicyclic amines) is 1. The minimum atomic E-state index is -0.940. The Morgan fingerprint density at radius 2 is 1.62 bits per heavy atom. The lowest BCUT2D eigenvalue weighted by Crippen LogP contribution is -2.56. The molecule has 11 nitrogen and oxygen atoms in total. The van der Waals surface area contributed by atoms with E-state index in [-0.39, 0.29) is 30.4 Å². The third kappa shape index (κ3) is 8.58. The van der Waals surface area contributed by atoms with Gasteiger partial charge in [0.05, 0.1) is 25.5 Å². The number of halogens is 1. The Morgan fingerprint density at radius 1 is 0.971 bits per heavy atom. The number of carbonyl (C=O) groups excluding carboxylic acids is 6. The standard InChI is InChI=1S/C22H35ClN4O7/c1-12(2)19(16(28)11-23)26-20(31)13(3)25-21(32)15-7-6-10-27(15)22(33)14(4)24-17(29)8-9-18(30)34-5/h12-15,19H,6-11H2,1-5H3,(H,24,29)(H,25,32)(H,26,31)/t13-,14+,15+,19-/m0/s1. The summed E-state index contributed by atoms with van der Waals surface area (Å²) < 4.78 is 4.48. The molecule has 0 aromatic heterocycles. The van der Waals surface area contributed by atoms with Gasteiger partial charge in [-0.25, -0.2) is 0 Å². The summed E-state index contributed by atoms with van der Waals surface area (Å²) in [5, 5.41) is 7.74. The number of alkyl halides is 1. The van der Waals surface area contributed by atoms with Crippen molar-refractivity contribution in [2.45, 2.75) is 77.5 Å². The zero-order chi connectivity index (χ0) is 26.0. The van der Waals surface area contributed by atoms with Crippen molar-refractivity contribution in [3.63, 3.8) is 0 Å². The summed E-state index contributed by atoms with van der Waals surface area (Å²) in [6.45, 7) is 6.87. The molecule has 0 radical (unpaired) electrons. The molecule has 1 aliphatic heterocycles. The van der Waals surface area contributed by atoms with Crippen molar-refractivity contribution < 1.29 is 33.5 Å². The van der Waals surface area contributed by atoms with E-state index < -0.39 is 53.8 Å². The van der Waals surface area contributed by atoms with Crippen molar-refractivity contribution in [1.29, 1.82) is 0 Å². The fraction of sp³-hybridized carbons (Fsp3) is 0.727. The van der Waals surface area contributed by atoms with E-state index in [4.69, 9.17) is 11.6 Å². The lowest BCUT2D eigenvalue weighted by molar-refractivity contribution is -0.143. The van der Waals surface area contributed by atoms with E-state index in [1.807, 2.05) is 0 Å². The van der Waals surface area contributed by atoms with Crippen LogP contribution in [-0.2, 0) is 33.5 Å². The van der Waals surface area contributed by atoms with Gasteiger partial charge >= 0.3 is 5.97 Å². The first kappa shape index (κ1) is 29.3. The van der Waals surface area contributed by atoms with Gasteiger partial charge in [-0.15, -0.1) is 11.6 Å². The minimum Gasteiger partial charge on any atom is -0.469 e. The predicted octanol–water partition coefficient (Wildman–Crippen LogP) is -0.111. The molecule has 3 N–H and O–H groups in total. The summed E-state index contributed by atoms with van der Waals surface area (Å²) in [7, 11) is 1.22. The van der Waals surface area contributed by atoms with Gasteiger partial charge in [-0.1, -0.05) is 13.8 Å². The Morgan fingerprint density at radius 3 is 2.18 bits per heavy atom. The average Bonchev–Trinajstić information content (AvgIpc) is 3.29. The molecular weight excluding hydrogens is 468 g/mol. The summed E-state index contributed by atoms with van der Waals surface area (Å²) >= 11 is 5.61. The number of nitrogens with zero attached hydrogens (tertiary/aromatic N) is 1. The first-order valence-electron chi connectivity index (χ1n) is 11.3. The molecule has 1 rings (SSSR count). The van der Waals surface area contributed by atoms with Crippen LogP contribution in [-0.4, -0.2) is 84.0 Å². The third-order valence-electron chi connectivity index (χ3n) is 5.57. The molecule has 4 atom stereocenters. The predicted molar refractivity (Wildman–Crippen MR) is 124 cm³/mol. The highest BCUT2D eigenvalue weighted by atomic mass is 35.5. The maximum absolute atomic E-state index is 12.8. The quantitative estimate of drug-likeness (QED) is 0.249. The number of esters is 1. The molecule has 1 heterocycles. The highest BCUT2D eigenvalue weighted by molar-refractivity contribution is 6.28. The van der Waals surface area contributed by atoms with Crippen LogP contribution in [0.25, 0.3) is 0 Å². The minimum absolute atomic E-state index is 0.105. The normalized spacial score (nSPS) is 18.0. The number of ether oxygens (including phenoxy) is 1. The number of amides is 4. The molecule has 0 aliphatic carbocycles. The Balaban J connectivity index is 2.69. The van der Waals surface area contributed by atoms with E-state index in [1.165, 1.54) is 25.9 Å². The molecule has 12 heteroatoms. The number of hydrogen-bond acceptors (Lipinski definition) is 7. The molecule has 1 aliphatic rings. The topological polar surface area (TPSA) is 151 Å². The van der Waals surface area contributed by atoms with E-state index >= 15 is 0 Å². The monoisotopic (exact) mass is 502 g/mol. The number of ketones is 1. The van der Waals surface area contributed by atoms with Crippen LogP contribution in [0.1, 0.15) is 53.4 Å². The number of hydrogen-bond donors (Lipinski definition) is 3. The van der Waals surface area contributed by atoms with Crippen molar-refractivity contribution in [3.05, 3.63) is 0 Å². The van der Waals surface area contributed by atoms with Gasteiger partial charge in [0.1, 0.15) is 18.1 Å². The zero-order valence-corrected chi connectivity index (χ0v) is 21.1. The summed E-state index contributed by atoms with van der Waals surface area (Å²) in [6.07, 6.45) is 0.776. The molecule has 1 saturated heterocycles. The zero-order valence-electron chi connectivity index (χ0n) is 20.3. The third-order valence-corrected chi connectivity index (χ3v) is 5.83. The Hall–Kier alpha value is -2.69. The molecule has 0 bridgehead atoms. The second-order valence-electron chi connectivity index (χ2n) is 8.62. The molecule has 0 aromatic rings. The molecule has 0 saturated carbocycles. The van der Waals surface area contributed by atoms with Crippen molar-refractivity contribution in [1.82, 2.24) is 20.9 Å². The molecule has 34 heavy (non-hydrogen) atoms. The van der Waals surface area contributed by atoms with Gasteiger partial charge in [0.2, 0.25) is 23.6 Å². The maximum Gasteiger partial charge on any atom is 0.306 e. The lowest BCUT2D eigenvalue weighted by atomic mass is 10.0. The van der Waals surface area contributed by atoms with E-state index in [2.05, 4.69) is 20.7 Å². The molecule has 0 spiro atoms. The Kier molecular flexibility index (Phi) is 12.0. The molecule has 192 valence electrons. The highest BCUT2D eigenvalue weighted by Gasteiger charge is 2.37. The van der Waals surface area contributed by atoms with Crippen molar-refractivity contribution in [2.24, 2.45) is 5.92 Å². The smallest absolute Gasteiger partial charge is 0.306 e. The SMILES string of the molecule is COC(=O)CCC(=O)N[C@H](C)C(=O)N1CCC[C@@H]1C(=O)N[C@@H](C)C(=O)N[C@H](C(=O)CCl)C(C)C. The highest BCUT2D eigenvalue weighted by Crippen LogP contribution is 2.19.